The van der Waals surface area contributed by atoms with Gasteiger partial charge in [-0.2, -0.15) is 0 Å². The molecule has 0 aliphatic carbocycles. The molecule has 0 saturated carbocycles. The fraction of sp³-hybridized carbons (Fsp3) is 0.150. The fourth-order valence-corrected chi connectivity index (χ4v) is 3.57. The van der Waals surface area contributed by atoms with Gasteiger partial charge in [-0.1, -0.05) is 17.7 Å². The maximum Gasteiger partial charge on any atom is 0.228 e. The first kappa shape index (κ1) is 16.2. The van der Waals surface area contributed by atoms with Crippen LogP contribution in [0.1, 0.15) is 16.7 Å². The number of benzene rings is 2. The van der Waals surface area contributed by atoms with Crippen molar-refractivity contribution in [2.24, 2.45) is 0 Å². The van der Waals surface area contributed by atoms with Crippen LogP contribution in [-0.2, 0) is 29.2 Å². The minimum absolute atomic E-state index is 0.111. The zero-order valence-electron chi connectivity index (χ0n) is 14.3. The van der Waals surface area contributed by atoms with E-state index in [1.165, 1.54) is 11.1 Å². The Balaban J connectivity index is 1.54. The van der Waals surface area contributed by atoms with Crippen LogP contribution in [-0.4, -0.2) is 15.9 Å². The lowest BCUT2D eigenvalue weighted by atomic mass is 10.1. The Kier molecular flexibility index (Phi) is 3.81. The van der Waals surface area contributed by atoms with E-state index in [1.807, 2.05) is 18.2 Å². The number of carbonyl (C=O) groups excluding carboxylic acids is 1. The smallest absolute Gasteiger partial charge is 0.228 e. The number of halogens is 1. The van der Waals surface area contributed by atoms with Crippen LogP contribution in [0, 0.1) is 0 Å². The van der Waals surface area contributed by atoms with Crippen LogP contribution in [0.25, 0.3) is 11.3 Å². The van der Waals surface area contributed by atoms with Gasteiger partial charge < -0.3 is 15.4 Å². The number of hydrogen-bond acceptors (Lipinski definition) is 5. The molecule has 2 aliphatic heterocycles. The topological polar surface area (TPSA) is 76.1 Å². The van der Waals surface area contributed by atoms with Crippen molar-refractivity contribution >= 4 is 34.8 Å². The predicted octanol–water partition coefficient (Wildman–Crippen LogP) is 4.07. The van der Waals surface area contributed by atoms with Crippen LogP contribution < -0.4 is 10.6 Å². The first-order chi connectivity index (χ1) is 13.2. The van der Waals surface area contributed by atoms with E-state index in [4.69, 9.17) is 16.3 Å². The first-order valence-electron chi connectivity index (χ1n) is 8.58. The molecule has 2 aromatic carbocycles. The van der Waals surface area contributed by atoms with Crippen molar-refractivity contribution < 1.29 is 9.53 Å². The second-order valence-electron chi connectivity index (χ2n) is 6.58. The molecule has 0 radical (unpaired) electrons. The van der Waals surface area contributed by atoms with E-state index in [0.29, 0.717) is 29.9 Å². The van der Waals surface area contributed by atoms with E-state index < -0.39 is 0 Å². The molecular formula is C20H15ClN4O2. The summed E-state index contributed by atoms with van der Waals surface area (Å²) in [4.78, 5) is 21.2. The number of carbonyl (C=O) groups is 1. The molecule has 2 aliphatic rings. The zero-order valence-corrected chi connectivity index (χ0v) is 15.0. The Labute approximate surface area is 160 Å². The van der Waals surface area contributed by atoms with Gasteiger partial charge >= 0.3 is 0 Å². The van der Waals surface area contributed by atoms with Crippen LogP contribution in [0.15, 0.2) is 42.6 Å². The molecular weight excluding hydrogens is 364 g/mol. The monoisotopic (exact) mass is 378 g/mol. The Morgan fingerprint density at radius 1 is 1.07 bits per heavy atom. The van der Waals surface area contributed by atoms with Gasteiger partial charge in [-0.3, -0.25) is 4.79 Å². The summed E-state index contributed by atoms with van der Waals surface area (Å²) >= 11 is 6.08. The molecule has 6 nitrogen and oxygen atoms in total. The Morgan fingerprint density at radius 2 is 1.96 bits per heavy atom. The largest absolute Gasteiger partial charge is 0.372 e. The third-order valence-corrected chi connectivity index (χ3v) is 4.94. The van der Waals surface area contributed by atoms with Crippen molar-refractivity contribution in [3.63, 3.8) is 0 Å². The molecule has 0 fully saturated rings. The van der Waals surface area contributed by atoms with E-state index in [0.717, 1.165) is 22.5 Å². The number of nitrogens with zero attached hydrogens (tertiary/aromatic N) is 2. The van der Waals surface area contributed by atoms with Gasteiger partial charge in [0.1, 0.15) is 0 Å². The van der Waals surface area contributed by atoms with Gasteiger partial charge in [0.05, 0.1) is 31.0 Å². The molecule has 3 aromatic rings. The average Bonchev–Trinajstić information content (AvgIpc) is 3.06. The van der Waals surface area contributed by atoms with Crippen LogP contribution in [0.3, 0.4) is 0 Å². The maximum absolute atomic E-state index is 12.2. The summed E-state index contributed by atoms with van der Waals surface area (Å²) in [6.45, 7) is 1.28. The maximum atomic E-state index is 12.2. The van der Waals surface area contributed by atoms with Crippen molar-refractivity contribution in [3.8, 4) is 11.3 Å². The third kappa shape index (κ3) is 3.03. The van der Waals surface area contributed by atoms with E-state index in [-0.39, 0.29) is 12.3 Å². The van der Waals surface area contributed by atoms with Crippen LogP contribution in [0.5, 0.6) is 0 Å². The molecule has 27 heavy (non-hydrogen) atoms. The second-order valence-corrected chi connectivity index (χ2v) is 7.02. The van der Waals surface area contributed by atoms with Crippen LogP contribution in [0.4, 0.5) is 17.3 Å². The lowest BCUT2D eigenvalue weighted by molar-refractivity contribution is -0.115. The molecule has 0 atom stereocenters. The highest BCUT2D eigenvalue weighted by Gasteiger charge is 2.21. The number of fused-ring (bicyclic) bond motifs is 4. The number of aromatic nitrogens is 2. The summed E-state index contributed by atoms with van der Waals surface area (Å²) in [5.74, 6) is 0.364. The Bertz CT molecular complexity index is 1080. The van der Waals surface area contributed by atoms with Crippen molar-refractivity contribution in [1.29, 1.82) is 0 Å². The summed E-state index contributed by atoms with van der Waals surface area (Å²) in [7, 11) is 0. The number of ether oxygens (including phenoxy) is 1. The molecule has 7 heteroatoms. The number of rotatable bonds is 2. The number of amides is 1. The van der Waals surface area contributed by atoms with Gasteiger partial charge in [0.2, 0.25) is 11.9 Å². The summed E-state index contributed by atoms with van der Waals surface area (Å²) in [5.41, 5.74) is 6.27. The van der Waals surface area contributed by atoms with E-state index in [2.05, 4.69) is 26.7 Å². The number of hydrogen-bond donors (Lipinski definition) is 2. The van der Waals surface area contributed by atoms with E-state index in [1.54, 1.807) is 18.3 Å². The molecule has 0 saturated heterocycles. The van der Waals surface area contributed by atoms with Crippen LogP contribution >= 0.6 is 11.6 Å². The van der Waals surface area contributed by atoms with Gasteiger partial charge in [0.25, 0.3) is 0 Å². The number of anilines is 3. The van der Waals surface area contributed by atoms with E-state index >= 15 is 0 Å². The molecule has 0 bridgehead atoms. The third-order valence-electron chi connectivity index (χ3n) is 4.70. The Hall–Kier alpha value is -2.96. The summed E-state index contributed by atoms with van der Waals surface area (Å²) in [6.07, 6.45) is 1.92. The van der Waals surface area contributed by atoms with Gasteiger partial charge in [-0.05, 0) is 41.5 Å². The lowest BCUT2D eigenvalue weighted by Crippen LogP contribution is -2.12. The highest BCUT2D eigenvalue weighted by Crippen LogP contribution is 2.35. The minimum Gasteiger partial charge on any atom is -0.372 e. The summed E-state index contributed by atoms with van der Waals surface area (Å²) in [5, 5.41) is 6.69. The highest BCUT2D eigenvalue weighted by atomic mass is 35.5. The van der Waals surface area contributed by atoms with Crippen molar-refractivity contribution in [1.82, 2.24) is 9.97 Å². The summed E-state index contributed by atoms with van der Waals surface area (Å²) in [6, 6.07) is 11.5. The molecule has 3 heterocycles. The molecule has 1 aromatic heterocycles. The van der Waals surface area contributed by atoms with Crippen molar-refractivity contribution in [3.05, 3.63) is 64.3 Å². The second kappa shape index (κ2) is 6.33. The molecule has 0 unspecified atom stereocenters. The molecule has 5 rings (SSSR count). The van der Waals surface area contributed by atoms with Gasteiger partial charge in [0.15, 0.2) is 0 Å². The Morgan fingerprint density at radius 3 is 2.89 bits per heavy atom. The normalized spacial score (nSPS) is 14.6. The van der Waals surface area contributed by atoms with Crippen LogP contribution in [0.2, 0.25) is 5.02 Å². The van der Waals surface area contributed by atoms with Crippen molar-refractivity contribution in [2.45, 2.75) is 19.6 Å². The summed E-state index contributed by atoms with van der Waals surface area (Å²) < 4.78 is 5.46. The van der Waals surface area contributed by atoms with E-state index in [9.17, 15) is 4.79 Å². The average molecular weight is 379 g/mol. The number of nitrogens with one attached hydrogen (secondary N) is 2. The quantitative estimate of drug-likeness (QED) is 0.703. The van der Waals surface area contributed by atoms with Gasteiger partial charge in [0, 0.05) is 28.0 Å². The SMILES string of the molecule is O=C1Cc2cnc(Nc3ccc4c(c3)COC4)nc2-c2ccc(Cl)cc2N1. The minimum atomic E-state index is -0.111. The van der Waals surface area contributed by atoms with Gasteiger partial charge in [-0.15, -0.1) is 0 Å². The van der Waals surface area contributed by atoms with Gasteiger partial charge in [-0.25, -0.2) is 9.97 Å². The fourth-order valence-electron chi connectivity index (χ4n) is 3.40. The zero-order chi connectivity index (χ0) is 18.4. The highest BCUT2D eigenvalue weighted by molar-refractivity contribution is 6.31. The van der Waals surface area contributed by atoms with Crippen molar-refractivity contribution in [2.75, 3.05) is 10.6 Å². The standard InChI is InChI=1S/C20H15ClN4O2/c21-14-2-4-16-17(7-14)24-18(26)6-12-8-22-20(25-19(12)16)23-15-3-1-11-9-27-10-13(11)5-15/h1-5,7-8H,6,9-10H2,(H,24,26)(H,22,23,25). The predicted molar refractivity (Wildman–Crippen MR) is 103 cm³/mol. The first-order valence-corrected chi connectivity index (χ1v) is 8.96. The molecule has 2 N–H and O–H groups in total. The molecule has 134 valence electrons. The molecule has 1 amide bonds. The molecule has 0 spiro atoms. The lowest BCUT2D eigenvalue weighted by Gasteiger charge is -2.11.